The van der Waals surface area contributed by atoms with E-state index in [2.05, 4.69) is 83.3 Å². The first-order valence-electron chi connectivity index (χ1n) is 8.23. The fraction of sp³-hybridized carbons (Fsp3) is 0.333. The van der Waals surface area contributed by atoms with Crippen LogP contribution >= 0.6 is 28.3 Å². The molecular formula is C21H29BrClNO2. The van der Waals surface area contributed by atoms with Gasteiger partial charge < -0.3 is 15.5 Å². The highest BCUT2D eigenvalue weighted by Crippen LogP contribution is 2.42. The van der Waals surface area contributed by atoms with Gasteiger partial charge in [0, 0.05) is 19.1 Å². The Labute approximate surface area is 171 Å². The molecule has 0 fully saturated rings. The average molecular weight is 443 g/mol. The fourth-order valence-corrected chi connectivity index (χ4v) is 3.89. The van der Waals surface area contributed by atoms with E-state index in [0.29, 0.717) is 0 Å². The van der Waals surface area contributed by atoms with Crippen LogP contribution in [0.5, 0.6) is 0 Å². The summed E-state index contributed by atoms with van der Waals surface area (Å²) in [6, 6.07) is 21.1. The van der Waals surface area contributed by atoms with Crippen molar-refractivity contribution in [3.8, 4) is 0 Å². The van der Waals surface area contributed by atoms with Crippen molar-refractivity contribution in [2.45, 2.75) is 25.0 Å². The molecule has 2 aromatic carbocycles. The van der Waals surface area contributed by atoms with Gasteiger partial charge in [-0.25, -0.2) is 0 Å². The molecule has 0 radical (unpaired) electrons. The molecule has 2 aromatic rings. The summed E-state index contributed by atoms with van der Waals surface area (Å²) in [4.78, 5) is 0. The molecular weight excluding hydrogens is 414 g/mol. The smallest absolute Gasteiger partial charge is 0.122 e. The van der Waals surface area contributed by atoms with Gasteiger partial charge in [0.25, 0.3) is 0 Å². The highest BCUT2D eigenvalue weighted by atomic mass is 79.9. The number of ether oxygens (including phenoxy) is 1. The normalized spacial score (nSPS) is 13.1. The van der Waals surface area contributed by atoms with Crippen molar-refractivity contribution in [3.63, 3.8) is 0 Å². The van der Waals surface area contributed by atoms with E-state index in [9.17, 15) is 0 Å². The van der Waals surface area contributed by atoms with Crippen LogP contribution in [0.15, 0.2) is 71.7 Å². The fourth-order valence-electron chi connectivity index (χ4n) is 3.54. The number of benzene rings is 2. The van der Waals surface area contributed by atoms with E-state index in [1.165, 1.54) is 0 Å². The van der Waals surface area contributed by atoms with Gasteiger partial charge in [-0.3, -0.25) is 0 Å². The van der Waals surface area contributed by atoms with E-state index in [4.69, 9.17) is 4.74 Å². The Morgan fingerprint density at radius 3 is 1.81 bits per heavy atom. The van der Waals surface area contributed by atoms with Crippen molar-refractivity contribution in [2.24, 2.45) is 5.92 Å². The maximum Gasteiger partial charge on any atom is 0.122 e. The van der Waals surface area contributed by atoms with Crippen molar-refractivity contribution >= 4 is 28.3 Å². The maximum absolute atomic E-state index is 6.25. The van der Waals surface area contributed by atoms with Crippen LogP contribution in [0.25, 0.3) is 0 Å². The van der Waals surface area contributed by atoms with E-state index in [1.54, 1.807) is 7.11 Å². The van der Waals surface area contributed by atoms with E-state index < -0.39 is 5.60 Å². The third-order valence-electron chi connectivity index (χ3n) is 4.78. The van der Waals surface area contributed by atoms with Crippen molar-refractivity contribution in [1.82, 2.24) is 5.32 Å². The summed E-state index contributed by atoms with van der Waals surface area (Å²) in [5, 5.41) is 3.44. The minimum atomic E-state index is -0.529. The maximum atomic E-state index is 6.25. The summed E-state index contributed by atoms with van der Waals surface area (Å²) < 4.78 is 7.24. The summed E-state index contributed by atoms with van der Waals surface area (Å²) in [7, 11) is 3.79. The zero-order chi connectivity index (χ0) is 17.6. The summed E-state index contributed by atoms with van der Waals surface area (Å²) in [6.45, 7) is 6.25. The number of nitrogens with one attached hydrogen (secondary N) is 1. The van der Waals surface area contributed by atoms with Gasteiger partial charge in [0.1, 0.15) is 5.60 Å². The van der Waals surface area contributed by atoms with Crippen molar-refractivity contribution in [1.29, 1.82) is 0 Å². The van der Waals surface area contributed by atoms with Crippen LogP contribution in [-0.4, -0.2) is 25.7 Å². The lowest BCUT2D eigenvalue weighted by Crippen LogP contribution is -2.47. The molecule has 3 nitrogen and oxygen atoms in total. The molecule has 0 spiro atoms. The van der Waals surface area contributed by atoms with Gasteiger partial charge in [0.05, 0.1) is 0 Å². The second-order valence-corrected chi connectivity index (χ2v) is 7.20. The largest absolute Gasteiger partial charge is 0.412 e. The second-order valence-electron chi connectivity index (χ2n) is 6.08. The first kappa shape index (κ1) is 24.8. The minimum Gasteiger partial charge on any atom is -0.412 e. The Morgan fingerprint density at radius 2 is 1.50 bits per heavy atom. The van der Waals surface area contributed by atoms with Crippen LogP contribution in [0.2, 0.25) is 0 Å². The summed E-state index contributed by atoms with van der Waals surface area (Å²) in [5.74, 6) is 0.187. The molecule has 2 atom stereocenters. The van der Waals surface area contributed by atoms with Gasteiger partial charge in [-0.1, -0.05) is 90.1 Å². The lowest BCUT2D eigenvalue weighted by molar-refractivity contribution is -0.0351. The summed E-state index contributed by atoms with van der Waals surface area (Å²) in [5.41, 5.74) is 1.79. The van der Waals surface area contributed by atoms with Crippen molar-refractivity contribution in [3.05, 3.63) is 82.9 Å². The second kappa shape index (κ2) is 11.5. The molecule has 2 rings (SSSR count). The number of rotatable bonds is 8. The topological polar surface area (TPSA) is 52.8 Å². The lowest BCUT2D eigenvalue weighted by atomic mass is 9.72. The molecule has 0 heterocycles. The quantitative estimate of drug-likeness (QED) is 0.644. The molecule has 5 heteroatoms. The molecule has 0 saturated carbocycles. The third kappa shape index (κ3) is 5.18. The minimum absolute atomic E-state index is 0. The SMILES string of the molecule is C=C(Br)CC(NC)C(C)C(OC)(c1ccccc1)c1ccccc1.Cl.O. The van der Waals surface area contributed by atoms with Crippen LogP contribution < -0.4 is 5.32 Å². The van der Waals surface area contributed by atoms with Crippen LogP contribution in [-0.2, 0) is 10.3 Å². The van der Waals surface area contributed by atoms with Gasteiger partial charge in [-0.05, 0) is 29.1 Å². The first-order chi connectivity index (χ1) is 11.6. The molecule has 26 heavy (non-hydrogen) atoms. The molecule has 2 unspecified atom stereocenters. The van der Waals surface area contributed by atoms with Gasteiger partial charge in [0.2, 0.25) is 0 Å². The van der Waals surface area contributed by atoms with Crippen LogP contribution in [0.4, 0.5) is 0 Å². The molecule has 3 N–H and O–H groups in total. The zero-order valence-electron chi connectivity index (χ0n) is 15.5. The monoisotopic (exact) mass is 441 g/mol. The lowest BCUT2D eigenvalue weighted by Gasteiger charge is -2.42. The number of halogens is 2. The average Bonchev–Trinajstić information content (AvgIpc) is 2.62. The van der Waals surface area contributed by atoms with Gasteiger partial charge in [-0.15, -0.1) is 12.4 Å². The molecule has 0 aliphatic carbocycles. The van der Waals surface area contributed by atoms with Crippen LogP contribution in [0, 0.1) is 5.92 Å². The van der Waals surface area contributed by atoms with Gasteiger partial charge in [-0.2, -0.15) is 0 Å². The first-order valence-corrected chi connectivity index (χ1v) is 9.02. The Kier molecular flexibility index (Phi) is 11.0. The van der Waals surface area contributed by atoms with E-state index in [1.807, 2.05) is 19.2 Å². The molecule has 0 bridgehead atoms. The predicted molar refractivity (Wildman–Crippen MR) is 116 cm³/mol. The zero-order valence-corrected chi connectivity index (χ0v) is 17.9. The van der Waals surface area contributed by atoms with E-state index >= 15 is 0 Å². The Bertz CT molecular complexity index is 612. The highest BCUT2D eigenvalue weighted by molar-refractivity contribution is 9.11. The Morgan fingerprint density at radius 1 is 1.08 bits per heavy atom. The molecule has 0 saturated heterocycles. The van der Waals surface area contributed by atoms with E-state index in [0.717, 1.165) is 22.0 Å². The van der Waals surface area contributed by atoms with Gasteiger partial charge >= 0.3 is 0 Å². The molecule has 0 aliphatic rings. The van der Waals surface area contributed by atoms with E-state index in [-0.39, 0.29) is 29.8 Å². The number of hydrogen-bond acceptors (Lipinski definition) is 2. The highest BCUT2D eigenvalue weighted by Gasteiger charge is 2.43. The predicted octanol–water partition coefficient (Wildman–Crippen LogP) is 4.70. The molecule has 0 amide bonds. The van der Waals surface area contributed by atoms with Crippen molar-refractivity contribution < 1.29 is 10.2 Å². The summed E-state index contributed by atoms with van der Waals surface area (Å²) >= 11 is 3.51. The number of hydrogen-bond donors (Lipinski definition) is 1. The van der Waals surface area contributed by atoms with Gasteiger partial charge in [0.15, 0.2) is 0 Å². The molecule has 144 valence electrons. The molecule has 0 aliphatic heterocycles. The van der Waals surface area contributed by atoms with Crippen LogP contribution in [0.3, 0.4) is 0 Å². The number of methoxy groups -OCH3 is 1. The summed E-state index contributed by atoms with van der Waals surface area (Å²) in [6.07, 6.45) is 0.836. The standard InChI is InChI=1S/C21H26BrNO.ClH.H2O/c1-16(22)15-20(23-3)17(2)21(24-4,18-11-7-5-8-12-18)19-13-9-6-10-14-19;;/h5-14,17,20,23H,1,15H2,2-4H3;1H;1H2. The van der Waals surface area contributed by atoms with Crippen molar-refractivity contribution in [2.75, 3.05) is 14.2 Å². The Hall–Kier alpha value is -1.17. The Balaban J connectivity index is 0.00000312. The van der Waals surface area contributed by atoms with Crippen LogP contribution in [0.1, 0.15) is 24.5 Å². The molecule has 0 aromatic heterocycles. The third-order valence-corrected chi connectivity index (χ3v) is 5.11.